The SMILES string of the molecule is CC1CCN(c2cc(C#N)ccn2)CC1CN. The van der Waals surface area contributed by atoms with E-state index in [9.17, 15) is 0 Å². The molecule has 2 unspecified atom stereocenters. The van der Waals surface area contributed by atoms with Gasteiger partial charge in [0.05, 0.1) is 11.6 Å². The van der Waals surface area contributed by atoms with Gasteiger partial charge in [-0.25, -0.2) is 4.98 Å². The maximum Gasteiger partial charge on any atom is 0.129 e. The van der Waals surface area contributed by atoms with Crippen molar-refractivity contribution in [2.45, 2.75) is 13.3 Å². The summed E-state index contributed by atoms with van der Waals surface area (Å²) in [6.07, 6.45) is 2.84. The Morgan fingerprint density at radius 1 is 1.65 bits per heavy atom. The molecule has 2 rings (SSSR count). The second-order valence-electron chi connectivity index (χ2n) is 4.72. The van der Waals surface area contributed by atoms with Crippen LogP contribution >= 0.6 is 0 Å². The number of hydrogen-bond acceptors (Lipinski definition) is 4. The first-order valence-electron chi connectivity index (χ1n) is 6.05. The first-order chi connectivity index (χ1) is 8.24. The molecule has 90 valence electrons. The van der Waals surface area contributed by atoms with Crippen LogP contribution in [0, 0.1) is 23.2 Å². The third-order valence-electron chi connectivity index (χ3n) is 3.62. The topological polar surface area (TPSA) is 65.9 Å². The summed E-state index contributed by atoms with van der Waals surface area (Å²) in [4.78, 5) is 6.57. The van der Waals surface area contributed by atoms with Crippen LogP contribution < -0.4 is 10.6 Å². The molecule has 2 atom stereocenters. The summed E-state index contributed by atoms with van der Waals surface area (Å²) < 4.78 is 0. The number of pyridine rings is 1. The van der Waals surface area contributed by atoms with Crippen LogP contribution in [0.5, 0.6) is 0 Å². The quantitative estimate of drug-likeness (QED) is 0.833. The average Bonchev–Trinajstić information content (AvgIpc) is 2.39. The molecule has 1 aliphatic rings. The molecule has 17 heavy (non-hydrogen) atoms. The molecule has 0 aliphatic carbocycles. The van der Waals surface area contributed by atoms with Gasteiger partial charge in [0, 0.05) is 19.3 Å². The van der Waals surface area contributed by atoms with Crippen LogP contribution in [0.15, 0.2) is 18.3 Å². The number of nitrogens with two attached hydrogens (primary N) is 1. The van der Waals surface area contributed by atoms with Gasteiger partial charge in [-0.15, -0.1) is 0 Å². The van der Waals surface area contributed by atoms with Crippen LogP contribution in [0.3, 0.4) is 0 Å². The van der Waals surface area contributed by atoms with E-state index in [4.69, 9.17) is 11.0 Å². The minimum atomic E-state index is 0.524. The molecule has 2 N–H and O–H groups in total. The van der Waals surface area contributed by atoms with E-state index in [1.807, 2.05) is 6.07 Å². The Bertz CT molecular complexity index is 424. The lowest BCUT2D eigenvalue weighted by molar-refractivity contribution is 0.307. The summed E-state index contributed by atoms with van der Waals surface area (Å²) in [6.45, 7) is 4.92. The molecule has 4 nitrogen and oxygen atoms in total. The molecule has 4 heteroatoms. The minimum Gasteiger partial charge on any atom is -0.356 e. The third-order valence-corrected chi connectivity index (χ3v) is 3.62. The Labute approximate surface area is 102 Å². The van der Waals surface area contributed by atoms with Crippen molar-refractivity contribution < 1.29 is 0 Å². The van der Waals surface area contributed by atoms with Crippen molar-refractivity contribution in [1.29, 1.82) is 5.26 Å². The lowest BCUT2D eigenvalue weighted by atomic mass is 9.87. The summed E-state index contributed by atoms with van der Waals surface area (Å²) in [5.41, 5.74) is 6.46. The second kappa shape index (κ2) is 5.15. The Balaban J connectivity index is 2.15. The van der Waals surface area contributed by atoms with Gasteiger partial charge in [0.1, 0.15) is 5.82 Å². The number of nitriles is 1. The molecular weight excluding hydrogens is 212 g/mol. The maximum absolute atomic E-state index is 8.88. The van der Waals surface area contributed by atoms with Crippen LogP contribution in [0.1, 0.15) is 18.9 Å². The standard InChI is InChI=1S/C13H18N4/c1-10-3-5-17(9-12(10)8-15)13-6-11(7-14)2-4-16-13/h2,4,6,10,12H,3,5,8-9,15H2,1H3. The van der Waals surface area contributed by atoms with Gasteiger partial charge in [-0.3, -0.25) is 0 Å². The van der Waals surface area contributed by atoms with Gasteiger partial charge in [-0.1, -0.05) is 6.92 Å². The maximum atomic E-state index is 8.88. The number of piperidine rings is 1. The van der Waals surface area contributed by atoms with Gasteiger partial charge in [0.2, 0.25) is 0 Å². The van der Waals surface area contributed by atoms with Crippen molar-refractivity contribution in [3.05, 3.63) is 23.9 Å². The van der Waals surface area contributed by atoms with Crippen molar-refractivity contribution in [1.82, 2.24) is 4.98 Å². The predicted molar refractivity (Wildman–Crippen MR) is 67.5 cm³/mol. The number of anilines is 1. The summed E-state index contributed by atoms with van der Waals surface area (Å²) in [7, 11) is 0. The van der Waals surface area contributed by atoms with E-state index in [0.717, 1.165) is 31.9 Å². The molecule has 0 saturated carbocycles. The van der Waals surface area contributed by atoms with Gasteiger partial charge >= 0.3 is 0 Å². The summed E-state index contributed by atoms with van der Waals surface area (Å²) in [5, 5.41) is 8.88. The number of aromatic nitrogens is 1. The van der Waals surface area contributed by atoms with Gasteiger partial charge in [-0.05, 0) is 36.9 Å². The van der Waals surface area contributed by atoms with E-state index in [1.54, 1.807) is 12.3 Å². The van der Waals surface area contributed by atoms with Crippen LogP contribution in [0.4, 0.5) is 5.82 Å². The number of hydrogen-bond donors (Lipinski definition) is 1. The molecular formula is C13H18N4. The molecule has 0 amide bonds. The zero-order chi connectivity index (χ0) is 12.3. The van der Waals surface area contributed by atoms with E-state index in [2.05, 4.69) is 22.9 Å². The van der Waals surface area contributed by atoms with E-state index >= 15 is 0 Å². The average molecular weight is 230 g/mol. The highest BCUT2D eigenvalue weighted by Gasteiger charge is 2.25. The molecule has 0 aromatic carbocycles. The van der Waals surface area contributed by atoms with Crippen molar-refractivity contribution in [3.63, 3.8) is 0 Å². The highest BCUT2D eigenvalue weighted by Crippen LogP contribution is 2.25. The fraction of sp³-hybridized carbons (Fsp3) is 0.538. The third kappa shape index (κ3) is 2.56. The second-order valence-corrected chi connectivity index (χ2v) is 4.72. The van der Waals surface area contributed by atoms with Crippen molar-refractivity contribution in [2.75, 3.05) is 24.5 Å². The number of rotatable bonds is 2. The molecule has 1 aliphatic heterocycles. The van der Waals surface area contributed by atoms with Crippen LogP contribution in [0.25, 0.3) is 0 Å². The number of nitrogens with zero attached hydrogens (tertiary/aromatic N) is 3. The summed E-state index contributed by atoms with van der Waals surface area (Å²) in [5.74, 6) is 2.10. The van der Waals surface area contributed by atoms with E-state index in [0.29, 0.717) is 17.4 Å². The predicted octanol–water partition coefficient (Wildman–Crippen LogP) is 1.37. The normalized spacial score (nSPS) is 24.4. The largest absolute Gasteiger partial charge is 0.356 e. The molecule has 1 aromatic rings. The molecule has 1 aromatic heterocycles. The lowest BCUT2D eigenvalue weighted by Crippen LogP contribution is -2.43. The van der Waals surface area contributed by atoms with Gasteiger partial charge in [-0.2, -0.15) is 5.26 Å². The van der Waals surface area contributed by atoms with Gasteiger partial charge in [0.15, 0.2) is 0 Å². The zero-order valence-corrected chi connectivity index (χ0v) is 10.1. The first kappa shape index (κ1) is 11.9. The molecule has 1 fully saturated rings. The fourth-order valence-electron chi connectivity index (χ4n) is 2.33. The van der Waals surface area contributed by atoms with E-state index in [-0.39, 0.29) is 0 Å². The Morgan fingerprint density at radius 2 is 2.47 bits per heavy atom. The zero-order valence-electron chi connectivity index (χ0n) is 10.1. The Hall–Kier alpha value is -1.60. The van der Waals surface area contributed by atoms with Crippen molar-refractivity contribution in [2.24, 2.45) is 17.6 Å². The van der Waals surface area contributed by atoms with Crippen molar-refractivity contribution in [3.8, 4) is 6.07 Å². The minimum absolute atomic E-state index is 0.524. The van der Waals surface area contributed by atoms with Crippen molar-refractivity contribution >= 4 is 5.82 Å². The van der Waals surface area contributed by atoms with Gasteiger partial charge in [0.25, 0.3) is 0 Å². The molecule has 1 saturated heterocycles. The van der Waals surface area contributed by atoms with Crippen LogP contribution in [-0.2, 0) is 0 Å². The summed E-state index contributed by atoms with van der Waals surface area (Å²) >= 11 is 0. The van der Waals surface area contributed by atoms with E-state index < -0.39 is 0 Å². The Kier molecular flexibility index (Phi) is 3.60. The smallest absolute Gasteiger partial charge is 0.129 e. The van der Waals surface area contributed by atoms with Crippen LogP contribution in [-0.4, -0.2) is 24.6 Å². The molecule has 0 bridgehead atoms. The first-order valence-corrected chi connectivity index (χ1v) is 6.05. The lowest BCUT2D eigenvalue weighted by Gasteiger charge is -2.37. The van der Waals surface area contributed by atoms with Gasteiger partial charge < -0.3 is 10.6 Å². The van der Waals surface area contributed by atoms with Crippen LogP contribution in [0.2, 0.25) is 0 Å². The monoisotopic (exact) mass is 230 g/mol. The fourth-order valence-corrected chi connectivity index (χ4v) is 2.33. The molecule has 0 radical (unpaired) electrons. The Morgan fingerprint density at radius 3 is 3.18 bits per heavy atom. The molecule has 2 heterocycles. The summed E-state index contributed by atoms with van der Waals surface area (Å²) in [6, 6.07) is 5.73. The highest BCUT2D eigenvalue weighted by atomic mass is 15.2. The van der Waals surface area contributed by atoms with E-state index in [1.165, 1.54) is 0 Å². The highest BCUT2D eigenvalue weighted by molar-refractivity contribution is 5.45. The molecule has 0 spiro atoms.